The molecule has 390 valence electrons. The summed E-state index contributed by atoms with van der Waals surface area (Å²) in [5, 5.41) is 39.0. The topological polar surface area (TPSA) is 153 Å². The second-order valence-electron chi connectivity index (χ2n) is 20.3. The molecule has 74 heavy (non-hydrogen) atoms. The van der Waals surface area contributed by atoms with Crippen LogP contribution in [0.3, 0.4) is 0 Å². The van der Waals surface area contributed by atoms with Gasteiger partial charge in [-0.15, -0.1) is 18.3 Å². The number of allylic oxidation sites excluding steroid dienone is 1. The first-order valence-corrected chi connectivity index (χ1v) is 27.8. The van der Waals surface area contributed by atoms with E-state index in [1.54, 1.807) is 30.0 Å². The van der Waals surface area contributed by atoms with Crippen LogP contribution < -0.4 is 9.47 Å². The third-order valence-electron chi connectivity index (χ3n) is 15.7. The average Bonchev–Trinajstić information content (AvgIpc) is 3.99. The summed E-state index contributed by atoms with van der Waals surface area (Å²) in [6, 6.07) is 36.6. The van der Waals surface area contributed by atoms with Crippen LogP contribution in [-0.4, -0.2) is 75.7 Å². The van der Waals surface area contributed by atoms with Gasteiger partial charge in [0.15, 0.2) is 0 Å². The van der Waals surface area contributed by atoms with Gasteiger partial charge in [0.25, 0.3) is 5.69 Å². The minimum Gasteiger partial charge on any atom is -0.493 e. The minimum atomic E-state index is -1.43. The number of nitro groups is 1. The highest BCUT2D eigenvalue weighted by Crippen LogP contribution is 2.62. The Labute approximate surface area is 440 Å². The van der Waals surface area contributed by atoms with Crippen LogP contribution >= 0.6 is 11.8 Å². The van der Waals surface area contributed by atoms with Gasteiger partial charge in [-0.2, -0.15) is 0 Å². The van der Waals surface area contributed by atoms with Gasteiger partial charge in [0, 0.05) is 66.9 Å². The summed E-state index contributed by atoms with van der Waals surface area (Å²) in [6.45, 7) is 5.33. The zero-order chi connectivity index (χ0) is 51.3. The molecule has 1 aliphatic heterocycles. The maximum Gasteiger partial charge on any atom is 0.269 e. The standard InChI is InChI=1S/C61H71N3O9S/c1-2-35-71-61-57(63(58(67)32-27-43-15-6-7-16-43)41-47-20-14-19-45-17-8-9-23-51(45)47)40-55(62-72-42-44-25-28-48(29-26-44)64(68)69)53-38-46(18-10-12-33-65)52(24-11-13-34-66)59(60(53)61)54-39-49(30-31-56(54)73-61)70-36-37-74-50-21-4-3-5-22-50/h2-5,8-9,14,17,19-23,25-26,28-31,38-39,43,46,52,57,59-60,65-66H,1,6-7,10-13,15-16,18,24,27,32-37,40-42H2/t46-,52+,57-,59+,60+,61+/m0/s1. The Kier molecular flexibility index (Phi) is 18.2. The van der Waals surface area contributed by atoms with Crippen molar-refractivity contribution in [1.29, 1.82) is 0 Å². The first-order chi connectivity index (χ1) is 36.3. The number of aliphatic hydroxyl groups is 2. The van der Waals surface area contributed by atoms with Crippen molar-refractivity contribution in [3.8, 4) is 11.5 Å². The fraction of sp³-hybridized carbons (Fsp3) is 0.443. The summed E-state index contributed by atoms with van der Waals surface area (Å²) in [6.07, 6.45) is 14.7. The number of hydrogen-bond acceptors (Lipinski definition) is 11. The maximum absolute atomic E-state index is 15.6. The average molecular weight is 1020 g/mol. The van der Waals surface area contributed by atoms with Crippen LogP contribution in [0, 0.1) is 33.8 Å². The van der Waals surface area contributed by atoms with E-state index in [0.29, 0.717) is 49.8 Å². The van der Waals surface area contributed by atoms with Crippen molar-refractivity contribution in [2.75, 3.05) is 32.2 Å². The summed E-state index contributed by atoms with van der Waals surface area (Å²) >= 11 is 1.75. The maximum atomic E-state index is 15.6. The number of fused-ring (bicyclic) bond motifs is 3. The number of benzene rings is 5. The largest absolute Gasteiger partial charge is 0.493 e. The first-order valence-electron chi connectivity index (χ1n) is 26.8. The number of aliphatic hydroxyl groups excluding tert-OH is 2. The molecule has 0 saturated heterocycles. The van der Waals surface area contributed by atoms with E-state index in [1.165, 1.54) is 29.9 Å². The van der Waals surface area contributed by atoms with Gasteiger partial charge in [0.1, 0.15) is 24.1 Å². The van der Waals surface area contributed by atoms with Crippen molar-refractivity contribution >= 4 is 39.8 Å². The highest BCUT2D eigenvalue weighted by atomic mass is 32.2. The number of non-ortho nitro benzene ring substituents is 1. The molecule has 0 unspecified atom stereocenters. The molecule has 1 amide bonds. The molecule has 0 spiro atoms. The SMILES string of the molecule is C=CCO[C@@]12Oc3ccc(OCCSc4ccccc4)cc3[C@H]3[C@H](CCCCO)[C@@H](CCCCO)C=C(C(=NOCc4ccc([N+](=O)[O-])cc4)C[C@@H]1N(Cc1cccc4ccccc14)C(=O)CCC1CCCC1)[C@H]32. The second kappa shape index (κ2) is 25.5. The lowest BCUT2D eigenvalue weighted by molar-refractivity contribution is -0.384. The zero-order valence-corrected chi connectivity index (χ0v) is 43.3. The molecule has 0 aromatic heterocycles. The van der Waals surface area contributed by atoms with E-state index in [0.717, 1.165) is 89.5 Å². The molecule has 12 nitrogen and oxygen atoms in total. The number of oxime groups is 1. The van der Waals surface area contributed by atoms with Gasteiger partial charge >= 0.3 is 0 Å². The molecule has 5 aromatic carbocycles. The van der Waals surface area contributed by atoms with Crippen LogP contribution in [0.15, 0.2) is 150 Å². The van der Waals surface area contributed by atoms with Crippen molar-refractivity contribution in [3.05, 3.63) is 166 Å². The molecule has 9 rings (SSSR count). The Morgan fingerprint density at radius 3 is 2.43 bits per heavy atom. The molecule has 0 radical (unpaired) electrons. The number of rotatable bonds is 26. The summed E-state index contributed by atoms with van der Waals surface area (Å²) < 4.78 is 21.5. The van der Waals surface area contributed by atoms with E-state index in [1.807, 2.05) is 47.4 Å². The molecule has 13 heteroatoms. The third-order valence-corrected chi connectivity index (χ3v) is 16.7. The van der Waals surface area contributed by atoms with Gasteiger partial charge in [-0.1, -0.05) is 116 Å². The number of carbonyl (C=O) groups is 1. The Morgan fingerprint density at radius 2 is 1.66 bits per heavy atom. The molecule has 3 aliphatic carbocycles. The third kappa shape index (κ3) is 12.2. The van der Waals surface area contributed by atoms with Crippen molar-refractivity contribution in [3.63, 3.8) is 0 Å². The van der Waals surface area contributed by atoms with Crippen LogP contribution in [0.2, 0.25) is 0 Å². The van der Waals surface area contributed by atoms with Gasteiger partial charge in [-0.3, -0.25) is 14.9 Å². The molecule has 5 aromatic rings. The predicted octanol–water partition coefficient (Wildman–Crippen LogP) is 12.8. The molecule has 2 N–H and O–H groups in total. The van der Waals surface area contributed by atoms with Gasteiger partial charge < -0.3 is 34.2 Å². The summed E-state index contributed by atoms with van der Waals surface area (Å²) in [5.74, 6) is 0.616. The van der Waals surface area contributed by atoms with E-state index in [9.17, 15) is 20.3 Å². The minimum absolute atomic E-state index is 0.00803. The fourth-order valence-electron chi connectivity index (χ4n) is 12.2. The van der Waals surface area contributed by atoms with Gasteiger partial charge in [-0.05, 0) is 120 Å². The van der Waals surface area contributed by atoms with Crippen LogP contribution in [0.5, 0.6) is 11.5 Å². The Balaban J connectivity index is 1.20. The highest BCUT2D eigenvalue weighted by molar-refractivity contribution is 7.99. The van der Waals surface area contributed by atoms with E-state index < -0.39 is 22.7 Å². The number of amides is 1. The number of nitrogens with zero attached hydrogens (tertiary/aromatic N) is 3. The van der Waals surface area contributed by atoms with E-state index in [2.05, 4.69) is 61.2 Å². The van der Waals surface area contributed by atoms with E-state index in [4.69, 9.17) is 24.2 Å². The molecular formula is C61H71N3O9S. The Morgan fingerprint density at radius 1 is 0.905 bits per heavy atom. The molecule has 2 saturated carbocycles. The number of thioether (sulfide) groups is 1. The van der Waals surface area contributed by atoms with Crippen molar-refractivity contribution in [2.24, 2.45) is 28.8 Å². The monoisotopic (exact) mass is 1020 g/mol. The smallest absolute Gasteiger partial charge is 0.269 e. The normalized spacial score (nSPS) is 22.6. The summed E-state index contributed by atoms with van der Waals surface area (Å²) in [4.78, 5) is 36.3. The van der Waals surface area contributed by atoms with Gasteiger partial charge in [0.2, 0.25) is 11.7 Å². The number of hydrogen-bond donors (Lipinski definition) is 2. The lowest BCUT2D eigenvalue weighted by Crippen LogP contribution is -2.70. The van der Waals surface area contributed by atoms with E-state index in [-0.39, 0.29) is 62.2 Å². The molecule has 6 atom stereocenters. The second-order valence-corrected chi connectivity index (χ2v) is 21.5. The van der Waals surface area contributed by atoms with Crippen molar-refractivity contribution < 1.29 is 39.0 Å². The van der Waals surface area contributed by atoms with Gasteiger partial charge in [0.05, 0.1) is 29.8 Å². The molecule has 4 aliphatic rings. The van der Waals surface area contributed by atoms with Crippen LogP contribution in [0.4, 0.5) is 5.69 Å². The van der Waals surface area contributed by atoms with Crippen LogP contribution in [-0.2, 0) is 27.5 Å². The molecular weight excluding hydrogens is 951 g/mol. The van der Waals surface area contributed by atoms with Crippen LogP contribution in [0.1, 0.15) is 106 Å². The predicted molar refractivity (Wildman–Crippen MR) is 291 cm³/mol. The molecule has 0 bridgehead atoms. The molecule has 2 fully saturated rings. The van der Waals surface area contributed by atoms with Crippen molar-refractivity contribution in [2.45, 2.75) is 119 Å². The van der Waals surface area contributed by atoms with Crippen molar-refractivity contribution in [1.82, 2.24) is 4.90 Å². The summed E-state index contributed by atoms with van der Waals surface area (Å²) in [7, 11) is 0. The van der Waals surface area contributed by atoms with Crippen LogP contribution in [0.25, 0.3) is 10.8 Å². The first kappa shape index (κ1) is 52.9. The van der Waals surface area contributed by atoms with Gasteiger partial charge in [-0.25, -0.2) is 0 Å². The zero-order valence-electron chi connectivity index (χ0n) is 42.4. The lowest BCUT2D eigenvalue weighted by atomic mass is 9.55. The number of carbonyl (C=O) groups excluding carboxylic acids is 1. The highest BCUT2D eigenvalue weighted by Gasteiger charge is 2.65. The van der Waals surface area contributed by atoms with E-state index >= 15 is 4.79 Å². The summed E-state index contributed by atoms with van der Waals surface area (Å²) in [5.41, 5.74) is 4.35. The lowest BCUT2D eigenvalue weighted by Gasteiger charge is -2.60. The number of ether oxygens (including phenoxy) is 3. The molecule has 1 heterocycles. The Bertz CT molecular complexity index is 2740. The fourth-order valence-corrected chi connectivity index (χ4v) is 13.0. The Hall–Kier alpha value is -5.99. The number of nitro benzene ring substituents is 1. The number of unbranched alkanes of at least 4 members (excludes halogenated alkanes) is 2. The quantitative estimate of drug-likeness (QED) is 0.0180.